The quantitative estimate of drug-likeness (QED) is 0.404. The summed E-state index contributed by atoms with van der Waals surface area (Å²) in [6, 6.07) is 17.0. The van der Waals surface area contributed by atoms with Crippen molar-refractivity contribution in [2.24, 2.45) is 0 Å². The van der Waals surface area contributed by atoms with Crippen LogP contribution < -0.4 is 14.4 Å². The van der Waals surface area contributed by atoms with E-state index in [-0.39, 0.29) is 26.5 Å². The third-order valence-electron chi connectivity index (χ3n) is 5.61. The van der Waals surface area contributed by atoms with Gasteiger partial charge in [-0.05, 0) is 48.5 Å². The van der Waals surface area contributed by atoms with Gasteiger partial charge in [-0.25, -0.2) is 8.42 Å². The largest absolute Gasteiger partial charge is 0.495 e. The number of nitrogens with one attached hydrogen (secondary N) is 1. The fraction of sp³-hybridized carbons (Fsp3) is 0.208. The molecule has 0 unspecified atom stereocenters. The number of ether oxygens (including phenoxy) is 1. The fourth-order valence-corrected chi connectivity index (χ4v) is 6.89. The molecule has 0 aliphatic carbocycles. The summed E-state index contributed by atoms with van der Waals surface area (Å²) in [5.41, 5.74) is 1.76. The standard InChI is InChI=1S/C24H22BrCl2N3O4S/c1-34-22-5-3-2-4-21(22)29-10-12-30(13-11-29)24(31)16-6-8-18(9-7-16)28-35(32,33)23-19(26)14-17(25)15-20(23)27/h2-9,14-15,28H,10-13H2,1H3. The highest BCUT2D eigenvalue weighted by Gasteiger charge is 2.25. The average Bonchev–Trinajstić information content (AvgIpc) is 2.83. The maximum Gasteiger partial charge on any atom is 0.264 e. The van der Waals surface area contributed by atoms with E-state index in [0.717, 1.165) is 11.4 Å². The minimum atomic E-state index is -4.03. The highest BCUT2D eigenvalue weighted by molar-refractivity contribution is 9.10. The van der Waals surface area contributed by atoms with Crippen LogP contribution in [0.3, 0.4) is 0 Å². The second-order valence-corrected chi connectivity index (χ2v) is 11.2. The van der Waals surface area contributed by atoms with Crippen molar-refractivity contribution in [3.63, 3.8) is 0 Å². The lowest BCUT2D eigenvalue weighted by atomic mass is 10.1. The highest BCUT2D eigenvalue weighted by atomic mass is 79.9. The zero-order valence-corrected chi connectivity index (χ0v) is 22.6. The maximum atomic E-state index is 13.0. The molecule has 3 aromatic carbocycles. The number of para-hydroxylation sites is 2. The Morgan fingerprint density at radius 1 is 0.971 bits per heavy atom. The Balaban J connectivity index is 1.42. The number of benzene rings is 3. The molecule has 11 heteroatoms. The van der Waals surface area contributed by atoms with E-state index in [1.807, 2.05) is 24.3 Å². The second-order valence-electron chi connectivity index (χ2n) is 7.83. The van der Waals surface area contributed by atoms with Crippen molar-refractivity contribution in [1.29, 1.82) is 0 Å². The fourth-order valence-electron chi connectivity index (χ4n) is 3.90. The molecule has 1 aliphatic heterocycles. The molecule has 4 rings (SSSR count). The summed E-state index contributed by atoms with van der Waals surface area (Å²) in [7, 11) is -2.39. The number of carbonyl (C=O) groups is 1. The Morgan fingerprint density at radius 2 is 1.57 bits per heavy atom. The first-order chi connectivity index (χ1) is 16.7. The third-order valence-corrected chi connectivity index (χ3v) is 8.37. The van der Waals surface area contributed by atoms with Crippen molar-refractivity contribution in [2.45, 2.75) is 4.90 Å². The Hall–Kier alpha value is -2.46. The number of anilines is 2. The van der Waals surface area contributed by atoms with Crippen LogP contribution in [0.5, 0.6) is 5.75 Å². The predicted molar refractivity (Wildman–Crippen MR) is 143 cm³/mol. The molecule has 0 radical (unpaired) electrons. The summed E-state index contributed by atoms with van der Waals surface area (Å²) >= 11 is 15.4. The number of carbonyl (C=O) groups excluding carboxylic acids is 1. The molecule has 0 spiro atoms. The Kier molecular flexibility index (Phi) is 7.80. The number of hydrogen-bond acceptors (Lipinski definition) is 5. The van der Waals surface area contributed by atoms with E-state index >= 15 is 0 Å². The van der Waals surface area contributed by atoms with Gasteiger partial charge in [-0.3, -0.25) is 9.52 Å². The van der Waals surface area contributed by atoms with E-state index in [9.17, 15) is 13.2 Å². The minimum Gasteiger partial charge on any atom is -0.495 e. The summed E-state index contributed by atoms with van der Waals surface area (Å²) in [6.45, 7) is 2.48. The molecular formula is C24H22BrCl2N3O4S. The molecule has 184 valence electrons. The summed E-state index contributed by atoms with van der Waals surface area (Å²) in [5.74, 6) is 0.689. The number of hydrogen-bond donors (Lipinski definition) is 1. The van der Waals surface area contributed by atoms with Gasteiger partial charge in [0.05, 0.1) is 22.8 Å². The SMILES string of the molecule is COc1ccccc1N1CCN(C(=O)c2ccc(NS(=O)(=O)c3c(Cl)cc(Br)cc3Cl)cc2)CC1. The summed E-state index contributed by atoms with van der Waals surface area (Å²) in [4.78, 5) is 16.8. The zero-order chi connectivity index (χ0) is 25.2. The molecule has 1 amide bonds. The van der Waals surface area contributed by atoms with E-state index in [1.54, 1.807) is 24.1 Å². The molecule has 0 bridgehead atoms. The first kappa shape index (κ1) is 25.6. The molecule has 1 fully saturated rings. The smallest absolute Gasteiger partial charge is 0.264 e. The van der Waals surface area contributed by atoms with Crippen molar-refractivity contribution in [3.8, 4) is 5.75 Å². The van der Waals surface area contributed by atoms with E-state index in [0.29, 0.717) is 36.2 Å². The maximum absolute atomic E-state index is 13.0. The molecular weight excluding hydrogens is 577 g/mol. The van der Waals surface area contributed by atoms with Gasteiger partial charge >= 0.3 is 0 Å². The highest BCUT2D eigenvalue weighted by Crippen LogP contribution is 2.34. The molecule has 1 aliphatic rings. The third kappa shape index (κ3) is 5.69. The van der Waals surface area contributed by atoms with Crippen LogP contribution in [0.15, 0.2) is 70.0 Å². The first-order valence-electron chi connectivity index (χ1n) is 10.6. The molecule has 1 saturated heterocycles. The molecule has 0 saturated carbocycles. The number of amides is 1. The Bertz CT molecular complexity index is 1320. The first-order valence-corrected chi connectivity index (χ1v) is 13.7. The molecule has 35 heavy (non-hydrogen) atoms. The van der Waals surface area contributed by atoms with E-state index in [2.05, 4.69) is 25.6 Å². The van der Waals surface area contributed by atoms with Gasteiger partial charge in [-0.2, -0.15) is 0 Å². The molecule has 1 heterocycles. The predicted octanol–water partition coefficient (Wildman–Crippen LogP) is 5.53. The Labute approximate surface area is 222 Å². The molecule has 0 atom stereocenters. The monoisotopic (exact) mass is 597 g/mol. The van der Waals surface area contributed by atoms with Crippen molar-refractivity contribution >= 4 is 66.4 Å². The van der Waals surface area contributed by atoms with Gasteiger partial charge in [0.1, 0.15) is 10.6 Å². The molecule has 7 nitrogen and oxygen atoms in total. The van der Waals surface area contributed by atoms with Gasteiger partial charge in [0, 0.05) is 41.9 Å². The number of halogens is 3. The van der Waals surface area contributed by atoms with Crippen molar-refractivity contribution in [3.05, 3.63) is 80.7 Å². The summed E-state index contributed by atoms with van der Waals surface area (Å²) in [5, 5.41) is -0.00752. The van der Waals surface area contributed by atoms with Crippen LogP contribution in [0, 0.1) is 0 Å². The van der Waals surface area contributed by atoms with Gasteiger partial charge in [0.15, 0.2) is 0 Å². The van der Waals surface area contributed by atoms with Crippen LogP contribution in [0.2, 0.25) is 10.0 Å². The van der Waals surface area contributed by atoms with Crippen molar-refractivity contribution < 1.29 is 17.9 Å². The molecule has 3 aromatic rings. The van der Waals surface area contributed by atoms with Gasteiger partial charge < -0.3 is 14.5 Å². The summed E-state index contributed by atoms with van der Waals surface area (Å²) < 4.78 is 34.1. The van der Waals surface area contributed by atoms with Crippen molar-refractivity contribution in [2.75, 3.05) is 42.9 Å². The minimum absolute atomic E-state index is 0.00376. The summed E-state index contributed by atoms with van der Waals surface area (Å²) in [6.07, 6.45) is 0. The molecule has 0 aromatic heterocycles. The lowest BCUT2D eigenvalue weighted by Gasteiger charge is -2.36. The van der Waals surface area contributed by atoms with Crippen LogP contribution in [-0.4, -0.2) is 52.5 Å². The Morgan fingerprint density at radius 3 is 2.17 bits per heavy atom. The normalized spacial score (nSPS) is 14.1. The van der Waals surface area contributed by atoms with Crippen molar-refractivity contribution in [1.82, 2.24) is 4.90 Å². The number of methoxy groups -OCH3 is 1. The van der Waals surface area contributed by atoms with Gasteiger partial charge in [-0.1, -0.05) is 51.3 Å². The van der Waals surface area contributed by atoms with Crippen LogP contribution >= 0.6 is 39.1 Å². The average molecular weight is 599 g/mol. The lowest BCUT2D eigenvalue weighted by Crippen LogP contribution is -2.48. The zero-order valence-electron chi connectivity index (χ0n) is 18.7. The van der Waals surface area contributed by atoms with Crippen LogP contribution in [0.25, 0.3) is 0 Å². The number of nitrogens with zero attached hydrogens (tertiary/aromatic N) is 2. The lowest BCUT2D eigenvalue weighted by molar-refractivity contribution is 0.0746. The van der Waals surface area contributed by atoms with Gasteiger partial charge in [-0.15, -0.1) is 0 Å². The topological polar surface area (TPSA) is 79.0 Å². The molecule has 1 N–H and O–H groups in total. The number of piperazine rings is 1. The number of sulfonamides is 1. The van der Waals surface area contributed by atoms with Crippen LogP contribution in [0.1, 0.15) is 10.4 Å². The van der Waals surface area contributed by atoms with E-state index in [1.165, 1.54) is 24.3 Å². The van der Waals surface area contributed by atoms with Gasteiger partial charge in [0.25, 0.3) is 15.9 Å². The van der Waals surface area contributed by atoms with Gasteiger partial charge in [0.2, 0.25) is 0 Å². The van der Waals surface area contributed by atoms with E-state index in [4.69, 9.17) is 27.9 Å². The second kappa shape index (κ2) is 10.7. The van der Waals surface area contributed by atoms with Crippen LogP contribution in [0.4, 0.5) is 11.4 Å². The van der Waals surface area contributed by atoms with Crippen LogP contribution in [-0.2, 0) is 10.0 Å². The van der Waals surface area contributed by atoms with E-state index < -0.39 is 10.0 Å². The number of rotatable bonds is 6.